The Labute approximate surface area is 378 Å². The van der Waals surface area contributed by atoms with E-state index in [2.05, 4.69) is 36.5 Å². The minimum Gasteiger partial charge on any atom is -0.496 e. The zero-order chi connectivity index (χ0) is 45.6. The van der Waals surface area contributed by atoms with Gasteiger partial charge in [0.05, 0.1) is 24.1 Å². The number of rotatable bonds is 11. The zero-order valence-electron chi connectivity index (χ0n) is 36.1. The van der Waals surface area contributed by atoms with Crippen molar-refractivity contribution in [3.05, 3.63) is 130 Å². The lowest BCUT2D eigenvalue weighted by molar-refractivity contribution is -0.136. The first-order valence-corrected chi connectivity index (χ1v) is 21.8. The Morgan fingerprint density at radius 2 is 1.67 bits per heavy atom. The first-order chi connectivity index (χ1) is 32.0. The van der Waals surface area contributed by atoms with E-state index in [9.17, 15) is 28.4 Å². The lowest BCUT2D eigenvalue weighted by Crippen LogP contribution is -2.52. The summed E-state index contributed by atoms with van der Waals surface area (Å²) >= 11 is 0. The van der Waals surface area contributed by atoms with Gasteiger partial charge in [-0.25, -0.2) is 19.0 Å². The number of amides is 5. The highest BCUT2D eigenvalue weighted by atomic mass is 19.1. The van der Waals surface area contributed by atoms with Crippen molar-refractivity contribution in [2.45, 2.75) is 44.6 Å². The van der Waals surface area contributed by atoms with Crippen LogP contribution in [0.1, 0.15) is 66.6 Å². The molecular weight excluding hydrogens is 846 g/mol. The van der Waals surface area contributed by atoms with Crippen LogP contribution >= 0.6 is 0 Å². The highest BCUT2D eigenvalue weighted by Gasteiger charge is 2.40. The number of fused-ring (bicyclic) bond motifs is 2. The van der Waals surface area contributed by atoms with Crippen molar-refractivity contribution >= 4 is 52.1 Å². The maximum Gasteiger partial charge on any atom is 0.255 e. The van der Waals surface area contributed by atoms with E-state index in [4.69, 9.17) is 15.6 Å². The van der Waals surface area contributed by atoms with E-state index in [0.29, 0.717) is 53.9 Å². The Morgan fingerprint density at radius 1 is 0.909 bits per heavy atom. The van der Waals surface area contributed by atoms with E-state index in [1.165, 1.54) is 25.6 Å². The number of carbonyl (C=O) groups excluding carboxylic acids is 5. The Balaban J connectivity index is 0.724. The molecule has 18 heteroatoms. The molecule has 10 rings (SSSR count). The standard InChI is InChI=1S/C48H46FN11O6/c1-66-39-14-10-33(49)21-37(39)45(62)51-22-28-2-6-30(7-3-28)42-41-43(50)52-27-53-44(41)60(55-42)35-25-58(26-35)47(64)31-8-4-29(5-9-31)23-56-16-18-57(19-17-56)34-11-12-36-32(20-34)24-59(48(36)65)38-13-15-40(61)54-46(38)63/h2-12,14,20-21,27,35,38H,13,15-19,22-26H2,1H3,(H,51,62)(H2,50,52,53)(H,54,61,63)/t38-/m0/s1. The number of hydrogen-bond donors (Lipinski definition) is 3. The topological polar surface area (TPSA) is 201 Å². The molecule has 0 bridgehead atoms. The smallest absolute Gasteiger partial charge is 0.255 e. The van der Waals surface area contributed by atoms with Crippen LogP contribution in [0.2, 0.25) is 0 Å². The summed E-state index contributed by atoms with van der Waals surface area (Å²) in [6.45, 7) is 5.49. The fourth-order valence-electron chi connectivity index (χ4n) is 9.26. The van der Waals surface area contributed by atoms with Gasteiger partial charge in [0.1, 0.15) is 35.4 Å². The monoisotopic (exact) mass is 891 g/mol. The van der Waals surface area contributed by atoms with Gasteiger partial charge in [-0.1, -0.05) is 36.4 Å². The Kier molecular flexibility index (Phi) is 11.1. The molecule has 0 saturated carbocycles. The molecule has 0 aliphatic carbocycles. The maximum atomic E-state index is 13.8. The minimum absolute atomic E-state index is 0.0629. The van der Waals surface area contributed by atoms with Gasteiger partial charge in [-0.15, -0.1) is 0 Å². The Morgan fingerprint density at radius 3 is 2.41 bits per heavy atom. The molecule has 0 spiro atoms. The van der Waals surface area contributed by atoms with Gasteiger partial charge in [0, 0.05) is 87.7 Å². The van der Waals surface area contributed by atoms with E-state index in [1.54, 1.807) is 9.80 Å². The molecule has 0 unspecified atom stereocenters. The number of methoxy groups -OCH3 is 1. The van der Waals surface area contributed by atoms with E-state index in [0.717, 1.165) is 66.7 Å². The van der Waals surface area contributed by atoms with Crippen LogP contribution in [0.15, 0.2) is 91.3 Å². The lowest BCUT2D eigenvalue weighted by atomic mass is 10.0. The molecule has 66 heavy (non-hydrogen) atoms. The van der Waals surface area contributed by atoms with Crippen molar-refractivity contribution in [3.63, 3.8) is 0 Å². The molecule has 3 fully saturated rings. The first-order valence-electron chi connectivity index (χ1n) is 21.8. The molecule has 17 nitrogen and oxygen atoms in total. The third kappa shape index (κ3) is 8.03. The molecule has 6 heterocycles. The van der Waals surface area contributed by atoms with Crippen molar-refractivity contribution < 1.29 is 33.1 Å². The summed E-state index contributed by atoms with van der Waals surface area (Å²) in [7, 11) is 1.42. The van der Waals surface area contributed by atoms with Gasteiger partial charge >= 0.3 is 0 Å². The van der Waals surface area contributed by atoms with E-state index < -0.39 is 23.7 Å². The number of piperazine rings is 1. The SMILES string of the molecule is COc1ccc(F)cc1C(=O)NCc1ccc(-c2nn(C3CN(C(=O)c4ccc(CN5CCN(c6ccc7c(c6)CN([C@H]6CCC(=O)NC6=O)C7=O)CC5)cc4)C3)c3ncnc(N)c23)cc1. The number of imide groups is 1. The van der Waals surface area contributed by atoms with Crippen LogP contribution in [-0.4, -0.2) is 116 Å². The third-order valence-corrected chi connectivity index (χ3v) is 13.0. The van der Waals surface area contributed by atoms with Gasteiger partial charge < -0.3 is 30.5 Å². The highest BCUT2D eigenvalue weighted by molar-refractivity contribution is 6.05. The number of anilines is 2. The summed E-state index contributed by atoms with van der Waals surface area (Å²) < 4.78 is 20.9. The van der Waals surface area contributed by atoms with Crippen LogP contribution in [-0.2, 0) is 29.2 Å². The predicted octanol–water partition coefficient (Wildman–Crippen LogP) is 3.93. The summed E-state index contributed by atoms with van der Waals surface area (Å²) in [5.74, 6) is -1.38. The maximum absolute atomic E-state index is 13.8. The number of ether oxygens (including phenoxy) is 1. The second-order valence-corrected chi connectivity index (χ2v) is 17.0. The van der Waals surface area contributed by atoms with Crippen molar-refractivity contribution in [1.29, 1.82) is 0 Å². The summed E-state index contributed by atoms with van der Waals surface area (Å²) in [5.41, 5.74) is 13.5. The summed E-state index contributed by atoms with van der Waals surface area (Å²) in [6.07, 6.45) is 1.96. The number of halogens is 1. The second kappa shape index (κ2) is 17.3. The van der Waals surface area contributed by atoms with Gasteiger partial charge in [0.25, 0.3) is 17.7 Å². The number of piperidine rings is 1. The molecule has 4 aliphatic rings. The molecule has 4 aromatic carbocycles. The molecule has 5 amide bonds. The number of aromatic nitrogens is 4. The van der Waals surface area contributed by atoms with E-state index in [-0.39, 0.29) is 53.9 Å². The zero-order valence-corrected chi connectivity index (χ0v) is 36.1. The van der Waals surface area contributed by atoms with Crippen molar-refractivity contribution in [1.82, 2.24) is 45.1 Å². The average Bonchev–Trinajstić information content (AvgIpc) is 3.86. The van der Waals surface area contributed by atoms with Crippen molar-refractivity contribution in [3.8, 4) is 17.0 Å². The molecule has 1 atom stereocenters. The molecular formula is C48H46FN11O6. The second-order valence-electron chi connectivity index (χ2n) is 17.0. The fourth-order valence-corrected chi connectivity index (χ4v) is 9.26. The molecule has 2 aromatic heterocycles. The number of nitrogen functional groups attached to an aromatic ring is 1. The van der Waals surface area contributed by atoms with Crippen LogP contribution in [0.4, 0.5) is 15.9 Å². The third-order valence-electron chi connectivity index (χ3n) is 13.0. The van der Waals surface area contributed by atoms with Gasteiger partial charge in [-0.05, 0) is 71.6 Å². The lowest BCUT2D eigenvalue weighted by Gasteiger charge is -2.39. The number of nitrogens with zero attached hydrogens (tertiary/aromatic N) is 8. The van der Waals surface area contributed by atoms with Crippen LogP contribution in [0.25, 0.3) is 22.3 Å². The van der Waals surface area contributed by atoms with Crippen LogP contribution in [0.3, 0.4) is 0 Å². The highest BCUT2D eigenvalue weighted by Crippen LogP contribution is 2.35. The van der Waals surface area contributed by atoms with Crippen molar-refractivity contribution in [2.24, 2.45) is 0 Å². The molecule has 4 N–H and O–H groups in total. The summed E-state index contributed by atoms with van der Waals surface area (Å²) in [6, 6.07) is 24.2. The number of carbonyl (C=O) groups is 5. The number of likely N-dealkylation sites (tertiary alicyclic amines) is 1. The average molecular weight is 892 g/mol. The Hall–Kier alpha value is -7.73. The molecule has 0 radical (unpaired) electrons. The van der Waals surface area contributed by atoms with Crippen LogP contribution in [0.5, 0.6) is 5.75 Å². The summed E-state index contributed by atoms with van der Waals surface area (Å²) in [4.78, 5) is 80.6. The van der Waals surface area contributed by atoms with Gasteiger partial charge in [-0.3, -0.25) is 34.2 Å². The van der Waals surface area contributed by atoms with Gasteiger partial charge in [0.15, 0.2) is 5.65 Å². The number of nitrogens with one attached hydrogen (secondary N) is 2. The molecule has 4 aliphatic heterocycles. The Bertz CT molecular complexity index is 2910. The van der Waals surface area contributed by atoms with Gasteiger partial charge in [-0.2, -0.15) is 5.10 Å². The van der Waals surface area contributed by atoms with E-state index in [1.807, 2.05) is 65.3 Å². The first kappa shape index (κ1) is 42.2. The predicted molar refractivity (Wildman–Crippen MR) is 241 cm³/mol. The number of nitrogens with two attached hydrogens (primary N) is 1. The molecule has 336 valence electrons. The fraction of sp³-hybridized carbons (Fsp3) is 0.292. The number of hydrogen-bond acceptors (Lipinski definition) is 12. The van der Waals surface area contributed by atoms with E-state index >= 15 is 0 Å². The summed E-state index contributed by atoms with van der Waals surface area (Å²) in [5, 5.41) is 10.7. The van der Waals surface area contributed by atoms with Gasteiger partial charge in [0.2, 0.25) is 11.8 Å². The number of benzene rings is 4. The molecule has 6 aromatic rings. The van der Waals surface area contributed by atoms with Crippen molar-refractivity contribution in [2.75, 3.05) is 57.0 Å². The molecule has 3 saturated heterocycles. The quantitative estimate of drug-likeness (QED) is 0.159. The van der Waals surface area contributed by atoms with Crippen LogP contribution in [0, 0.1) is 5.82 Å². The normalized spacial score (nSPS) is 17.8. The van der Waals surface area contributed by atoms with Crippen LogP contribution < -0.4 is 26.0 Å². The largest absolute Gasteiger partial charge is 0.496 e. The minimum atomic E-state index is -0.636.